The molecule has 2 N–H and O–H groups in total. The molecule has 0 bridgehead atoms. The van der Waals surface area contributed by atoms with E-state index in [1.54, 1.807) is 23.9 Å². The molecular weight excluding hydrogens is 366 g/mol. The molecule has 0 saturated carbocycles. The van der Waals surface area contributed by atoms with Crippen LogP contribution in [0.5, 0.6) is 0 Å². The molecule has 0 saturated heterocycles. The van der Waals surface area contributed by atoms with Gasteiger partial charge in [0.1, 0.15) is 5.76 Å². The number of thioether (sulfide) groups is 1. The molecule has 0 fully saturated rings. The molecule has 3 rings (SSSR count). The van der Waals surface area contributed by atoms with Crippen LogP contribution in [0.2, 0.25) is 0 Å². The van der Waals surface area contributed by atoms with Crippen molar-refractivity contribution in [1.82, 2.24) is 14.9 Å². The van der Waals surface area contributed by atoms with Gasteiger partial charge in [0, 0.05) is 23.6 Å². The standard InChI is InChI=1S/C18H19N5O3S/c1-12-6-7-19-23(12)15-5-3-4-14(9-15)20-17(24)10-27-11-18(25)21-16-8-13(2)26-22-16/h3-9H,10-11H2,1-2H3,(H,20,24)(H,21,22,25). The van der Waals surface area contributed by atoms with Crippen molar-refractivity contribution in [3.8, 4) is 5.69 Å². The van der Waals surface area contributed by atoms with E-state index in [9.17, 15) is 9.59 Å². The summed E-state index contributed by atoms with van der Waals surface area (Å²) >= 11 is 1.22. The number of aromatic nitrogens is 3. The number of benzene rings is 1. The predicted octanol–water partition coefficient (Wildman–Crippen LogP) is 2.79. The normalized spacial score (nSPS) is 10.6. The van der Waals surface area contributed by atoms with Crippen LogP contribution in [-0.2, 0) is 9.59 Å². The van der Waals surface area contributed by atoms with E-state index in [1.165, 1.54) is 11.8 Å². The van der Waals surface area contributed by atoms with E-state index in [-0.39, 0.29) is 23.3 Å². The monoisotopic (exact) mass is 385 g/mol. The van der Waals surface area contributed by atoms with E-state index in [0.29, 0.717) is 17.3 Å². The predicted molar refractivity (Wildman–Crippen MR) is 104 cm³/mol. The average molecular weight is 385 g/mol. The molecule has 2 heterocycles. The van der Waals surface area contributed by atoms with Gasteiger partial charge < -0.3 is 15.2 Å². The Morgan fingerprint density at radius 3 is 2.56 bits per heavy atom. The number of hydrogen-bond acceptors (Lipinski definition) is 6. The van der Waals surface area contributed by atoms with E-state index in [1.807, 2.05) is 37.3 Å². The molecule has 0 spiro atoms. The number of carbonyl (C=O) groups is 2. The zero-order valence-electron chi connectivity index (χ0n) is 14.9. The van der Waals surface area contributed by atoms with Gasteiger partial charge in [-0.25, -0.2) is 4.68 Å². The fourth-order valence-electron chi connectivity index (χ4n) is 2.39. The Morgan fingerprint density at radius 2 is 1.89 bits per heavy atom. The third-order valence-electron chi connectivity index (χ3n) is 3.57. The second-order valence-electron chi connectivity index (χ2n) is 5.85. The number of anilines is 2. The van der Waals surface area contributed by atoms with Crippen LogP contribution >= 0.6 is 11.8 Å². The van der Waals surface area contributed by atoms with Gasteiger partial charge in [-0.15, -0.1) is 11.8 Å². The summed E-state index contributed by atoms with van der Waals surface area (Å²) in [6, 6.07) is 11.0. The maximum absolute atomic E-state index is 12.1. The Kier molecular flexibility index (Phi) is 5.92. The van der Waals surface area contributed by atoms with Gasteiger partial charge in [-0.3, -0.25) is 9.59 Å². The van der Waals surface area contributed by atoms with Gasteiger partial charge >= 0.3 is 0 Å². The maximum atomic E-state index is 12.1. The SMILES string of the molecule is Cc1cc(NC(=O)CSCC(=O)Nc2cccc(-n3nccc3C)c2)no1. The lowest BCUT2D eigenvalue weighted by molar-refractivity contribution is -0.114. The first-order valence-corrected chi connectivity index (χ1v) is 9.38. The highest BCUT2D eigenvalue weighted by atomic mass is 32.2. The number of aryl methyl sites for hydroxylation is 2. The summed E-state index contributed by atoms with van der Waals surface area (Å²) in [6.07, 6.45) is 1.72. The van der Waals surface area contributed by atoms with E-state index in [0.717, 1.165) is 11.4 Å². The van der Waals surface area contributed by atoms with Crippen molar-refractivity contribution in [2.45, 2.75) is 13.8 Å². The summed E-state index contributed by atoms with van der Waals surface area (Å²) < 4.78 is 6.67. The molecule has 2 amide bonds. The third kappa shape index (κ3) is 5.20. The minimum absolute atomic E-state index is 0.145. The molecule has 2 aromatic heterocycles. The molecule has 9 heteroatoms. The van der Waals surface area contributed by atoms with Gasteiger partial charge in [0.05, 0.1) is 17.2 Å². The van der Waals surface area contributed by atoms with E-state index in [4.69, 9.17) is 4.52 Å². The minimum Gasteiger partial charge on any atom is -0.360 e. The largest absolute Gasteiger partial charge is 0.360 e. The van der Waals surface area contributed by atoms with Crippen LogP contribution < -0.4 is 10.6 Å². The summed E-state index contributed by atoms with van der Waals surface area (Å²) in [5, 5.41) is 13.4. The van der Waals surface area contributed by atoms with Crippen molar-refractivity contribution < 1.29 is 14.1 Å². The summed E-state index contributed by atoms with van der Waals surface area (Å²) in [5.74, 6) is 0.872. The Balaban J connectivity index is 1.47. The van der Waals surface area contributed by atoms with Crippen LogP contribution in [-0.4, -0.2) is 38.3 Å². The zero-order valence-corrected chi connectivity index (χ0v) is 15.7. The second-order valence-corrected chi connectivity index (χ2v) is 6.83. The van der Waals surface area contributed by atoms with Gasteiger partial charge in [0.2, 0.25) is 11.8 Å². The highest BCUT2D eigenvalue weighted by Gasteiger charge is 2.09. The van der Waals surface area contributed by atoms with Crippen molar-refractivity contribution in [1.29, 1.82) is 0 Å². The molecule has 0 aliphatic rings. The van der Waals surface area contributed by atoms with E-state index >= 15 is 0 Å². The molecule has 8 nitrogen and oxygen atoms in total. The van der Waals surface area contributed by atoms with Gasteiger partial charge in [0.25, 0.3) is 0 Å². The van der Waals surface area contributed by atoms with Gasteiger partial charge in [-0.05, 0) is 38.1 Å². The first kappa shape index (κ1) is 18.7. The minimum atomic E-state index is -0.239. The Hall–Kier alpha value is -3.07. The Morgan fingerprint density at radius 1 is 1.11 bits per heavy atom. The van der Waals surface area contributed by atoms with Crippen LogP contribution in [0.1, 0.15) is 11.5 Å². The number of nitrogens with zero attached hydrogens (tertiary/aromatic N) is 3. The highest BCUT2D eigenvalue weighted by molar-refractivity contribution is 8.00. The fraction of sp³-hybridized carbons (Fsp3) is 0.222. The molecule has 0 radical (unpaired) electrons. The van der Waals surface area contributed by atoms with Gasteiger partial charge in [-0.2, -0.15) is 5.10 Å². The topological polar surface area (TPSA) is 102 Å². The summed E-state index contributed by atoms with van der Waals surface area (Å²) in [4.78, 5) is 23.9. The van der Waals surface area contributed by atoms with Crippen LogP contribution in [0.3, 0.4) is 0 Å². The van der Waals surface area contributed by atoms with Crippen molar-refractivity contribution in [2.24, 2.45) is 0 Å². The van der Waals surface area contributed by atoms with Crippen LogP contribution in [0.15, 0.2) is 47.1 Å². The lowest BCUT2D eigenvalue weighted by Gasteiger charge is -2.09. The third-order valence-corrected chi connectivity index (χ3v) is 4.50. The van der Waals surface area contributed by atoms with Crippen LogP contribution in [0.25, 0.3) is 5.69 Å². The van der Waals surface area contributed by atoms with Crippen LogP contribution in [0.4, 0.5) is 11.5 Å². The van der Waals surface area contributed by atoms with Crippen molar-refractivity contribution in [3.05, 3.63) is 54.0 Å². The smallest absolute Gasteiger partial charge is 0.235 e. The lowest BCUT2D eigenvalue weighted by atomic mass is 10.2. The molecule has 140 valence electrons. The van der Waals surface area contributed by atoms with Crippen molar-refractivity contribution >= 4 is 35.1 Å². The molecular formula is C18H19N5O3S. The molecule has 0 aliphatic carbocycles. The average Bonchev–Trinajstić information content (AvgIpc) is 3.23. The first-order chi connectivity index (χ1) is 13.0. The maximum Gasteiger partial charge on any atom is 0.235 e. The zero-order chi connectivity index (χ0) is 19.2. The fourth-order valence-corrected chi connectivity index (χ4v) is 3.01. The summed E-state index contributed by atoms with van der Waals surface area (Å²) in [6.45, 7) is 3.70. The molecule has 0 atom stereocenters. The quantitative estimate of drug-likeness (QED) is 0.648. The molecule has 0 aliphatic heterocycles. The van der Waals surface area contributed by atoms with Gasteiger partial charge in [0.15, 0.2) is 5.82 Å². The molecule has 27 heavy (non-hydrogen) atoms. The number of carbonyl (C=O) groups excluding carboxylic acids is 2. The number of nitrogens with one attached hydrogen (secondary N) is 2. The summed E-state index contributed by atoms with van der Waals surface area (Å²) in [7, 11) is 0. The summed E-state index contributed by atoms with van der Waals surface area (Å²) in [5.41, 5.74) is 2.54. The van der Waals surface area contributed by atoms with E-state index < -0.39 is 0 Å². The Labute approximate surface area is 160 Å². The number of amides is 2. The highest BCUT2D eigenvalue weighted by Crippen LogP contribution is 2.16. The number of hydrogen-bond donors (Lipinski definition) is 2. The first-order valence-electron chi connectivity index (χ1n) is 8.23. The van der Waals surface area contributed by atoms with Crippen molar-refractivity contribution in [3.63, 3.8) is 0 Å². The molecule has 3 aromatic rings. The van der Waals surface area contributed by atoms with Crippen LogP contribution in [0, 0.1) is 13.8 Å². The Bertz CT molecular complexity index is 950. The second kappa shape index (κ2) is 8.54. The van der Waals surface area contributed by atoms with Crippen molar-refractivity contribution in [2.75, 3.05) is 22.1 Å². The van der Waals surface area contributed by atoms with Gasteiger partial charge in [-0.1, -0.05) is 11.2 Å². The van der Waals surface area contributed by atoms with E-state index in [2.05, 4.69) is 20.9 Å². The molecule has 1 aromatic carbocycles. The number of rotatable bonds is 7. The molecule has 0 unspecified atom stereocenters. The lowest BCUT2D eigenvalue weighted by Crippen LogP contribution is -2.18.